The molecule has 116 valence electrons. The van der Waals surface area contributed by atoms with Crippen molar-refractivity contribution in [2.45, 2.75) is 31.7 Å². The van der Waals surface area contributed by atoms with E-state index in [1.165, 1.54) is 18.9 Å². The fraction of sp³-hybridized carbons (Fsp3) is 0.438. The number of benzene rings is 1. The van der Waals surface area contributed by atoms with Crippen LogP contribution in [0.25, 0.3) is 10.9 Å². The number of non-ortho nitro benzene ring substituents is 1. The second-order valence-electron chi connectivity index (χ2n) is 5.86. The van der Waals surface area contributed by atoms with Crippen molar-refractivity contribution in [1.29, 1.82) is 0 Å². The Morgan fingerprint density at radius 2 is 2.09 bits per heavy atom. The molecule has 3 N–H and O–H groups in total. The van der Waals surface area contributed by atoms with Crippen molar-refractivity contribution >= 4 is 22.4 Å². The summed E-state index contributed by atoms with van der Waals surface area (Å²) in [5.41, 5.74) is 6.71. The Balaban J connectivity index is 1.82. The van der Waals surface area contributed by atoms with E-state index >= 15 is 0 Å². The van der Waals surface area contributed by atoms with Crippen LogP contribution in [0.1, 0.15) is 25.7 Å². The molecule has 1 aliphatic rings. The lowest BCUT2D eigenvalue weighted by Crippen LogP contribution is -2.36. The maximum atomic E-state index is 10.8. The summed E-state index contributed by atoms with van der Waals surface area (Å²) in [5.74, 6) is 1.30. The van der Waals surface area contributed by atoms with Crippen LogP contribution in [0.4, 0.5) is 11.5 Å². The van der Waals surface area contributed by atoms with Gasteiger partial charge in [0.2, 0.25) is 0 Å². The van der Waals surface area contributed by atoms with Gasteiger partial charge in [0.15, 0.2) is 0 Å². The molecule has 6 nitrogen and oxygen atoms in total. The molecule has 0 bridgehead atoms. The number of rotatable bonds is 4. The van der Waals surface area contributed by atoms with Gasteiger partial charge in [-0.25, -0.2) is 4.98 Å². The lowest BCUT2D eigenvalue weighted by atomic mass is 9.84. The second kappa shape index (κ2) is 6.27. The topological polar surface area (TPSA) is 94.1 Å². The summed E-state index contributed by atoms with van der Waals surface area (Å²) in [5, 5.41) is 15.1. The third-order valence-corrected chi connectivity index (χ3v) is 4.43. The molecule has 1 aromatic heterocycles. The summed E-state index contributed by atoms with van der Waals surface area (Å²) in [6, 6.07) is 8.85. The SMILES string of the molecule is NCC1CCCCC1Nc1ccc2cc([N+](=O)[O-])ccc2n1. The van der Waals surface area contributed by atoms with Crippen LogP contribution < -0.4 is 11.1 Å². The maximum Gasteiger partial charge on any atom is 0.270 e. The summed E-state index contributed by atoms with van der Waals surface area (Å²) >= 11 is 0. The van der Waals surface area contributed by atoms with Crippen LogP contribution in [-0.2, 0) is 0 Å². The molecule has 0 radical (unpaired) electrons. The van der Waals surface area contributed by atoms with E-state index in [9.17, 15) is 10.1 Å². The molecular weight excluding hydrogens is 280 g/mol. The Morgan fingerprint density at radius 3 is 2.86 bits per heavy atom. The Morgan fingerprint density at radius 1 is 1.27 bits per heavy atom. The Bertz CT molecular complexity index is 689. The molecule has 1 fully saturated rings. The molecule has 1 aliphatic carbocycles. The van der Waals surface area contributed by atoms with Crippen LogP contribution in [0.15, 0.2) is 30.3 Å². The van der Waals surface area contributed by atoms with E-state index < -0.39 is 0 Å². The molecule has 0 saturated heterocycles. The Labute approximate surface area is 128 Å². The zero-order chi connectivity index (χ0) is 15.5. The average molecular weight is 300 g/mol. The first-order valence-corrected chi connectivity index (χ1v) is 7.69. The predicted octanol–water partition coefficient (Wildman–Crippen LogP) is 3.07. The van der Waals surface area contributed by atoms with Gasteiger partial charge in [-0.2, -0.15) is 0 Å². The van der Waals surface area contributed by atoms with Crippen LogP contribution in [0.5, 0.6) is 0 Å². The fourth-order valence-corrected chi connectivity index (χ4v) is 3.18. The van der Waals surface area contributed by atoms with Gasteiger partial charge in [0.05, 0.1) is 10.4 Å². The van der Waals surface area contributed by atoms with E-state index in [4.69, 9.17) is 5.73 Å². The number of nitrogens with zero attached hydrogens (tertiary/aromatic N) is 2. The van der Waals surface area contributed by atoms with Crippen LogP contribution >= 0.6 is 0 Å². The number of nitrogens with one attached hydrogen (secondary N) is 1. The van der Waals surface area contributed by atoms with E-state index in [1.807, 2.05) is 12.1 Å². The quantitative estimate of drug-likeness (QED) is 0.668. The van der Waals surface area contributed by atoms with Gasteiger partial charge in [-0.15, -0.1) is 0 Å². The highest BCUT2D eigenvalue weighted by Crippen LogP contribution is 2.27. The molecule has 2 aromatic rings. The van der Waals surface area contributed by atoms with E-state index in [1.54, 1.807) is 12.1 Å². The van der Waals surface area contributed by atoms with Crippen molar-refractivity contribution in [2.75, 3.05) is 11.9 Å². The van der Waals surface area contributed by atoms with Crippen LogP contribution in [0.3, 0.4) is 0 Å². The number of fused-ring (bicyclic) bond motifs is 1. The number of pyridine rings is 1. The van der Waals surface area contributed by atoms with E-state index in [0.29, 0.717) is 18.5 Å². The molecule has 3 rings (SSSR count). The van der Waals surface area contributed by atoms with Gasteiger partial charge in [0.25, 0.3) is 5.69 Å². The lowest BCUT2D eigenvalue weighted by molar-refractivity contribution is -0.384. The summed E-state index contributed by atoms with van der Waals surface area (Å²) in [6.07, 6.45) is 4.73. The van der Waals surface area contributed by atoms with Crippen molar-refractivity contribution in [2.24, 2.45) is 11.7 Å². The first-order chi connectivity index (χ1) is 10.7. The normalized spacial score (nSPS) is 21.7. The molecule has 1 saturated carbocycles. The third-order valence-electron chi connectivity index (χ3n) is 4.43. The number of nitro groups is 1. The third kappa shape index (κ3) is 3.01. The number of hydrogen-bond donors (Lipinski definition) is 2. The highest BCUT2D eigenvalue weighted by molar-refractivity contribution is 5.82. The molecular formula is C16H20N4O2. The highest BCUT2D eigenvalue weighted by Gasteiger charge is 2.24. The van der Waals surface area contributed by atoms with Gasteiger partial charge >= 0.3 is 0 Å². The monoisotopic (exact) mass is 300 g/mol. The zero-order valence-corrected chi connectivity index (χ0v) is 12.4. The first kappa shape index (κ1) is 14.7. The van der Waals surface area contributed by atoms with E-state index in [2.05, 4.69) is 10.3 Å². The second-order valence-corrected chi connectivity index (χ2v) is 5.86. The molecule has 2 atom stereocenters. The van der Waals surface area contributed by atoms with Crippen molar-refractivity contribution in [3.05, 3.63) is 40.4 Å². The lowest BCUT2D eigenvalue weighted by Gasteiger charge is -2.31. The standard InChI is InChI=1S/C16H20N4O2/c17-10-12-3-1-2-4-14(12)18-16-8-5-11-9-13(20(21)22)6-7-15(11)19-16/h5-9,12,14H,1-4,10,17H2,(H,18,19). The van der Waals surface area contributed by atoms with Crippen LogP contribution in [0.2, 0.25) is 0 Å². The molecule has 6 heteroatoms. The minimum absolute atomic E-state index is 0.0884. The van der Waals surface area contributed by atoms with Gasteiger partial charge in [-0.05, 0) is 43.5 Å². The number of nitrogens with two attached hydrogens (primary N) is 1. The number of aromatic nitrogens is 1. The van der Waals surface area contributed by atoms with Crippen molar-refractivity contribution in [1.82, 2.24) is 4.98 Å². The van der Waals surface area contributed by atoms with Gasteiger partial charge in [0.1, 0.15) is 5.82 Å². The van der Waals surface area contributed by atoms with Gasteiger partial charge in [-0.1, -0.05) is 12.8 Å². The Kier molecular flexibility index (Phi) is 4.20. The smallest absolute Gasteiger partial charge is 0.270 e. The summed E-state index contributed by atoms with van der Waals surface area (Å²) in [4.78, 5) is 15.0. The van der Waals surface area contributed by atoms with Gasteiger partial charge < -0.3 is 11.1 Å². The summed E-state index contributed by atoms with van der Waals surface area (Å²) in [6.45, 7) is 0.692. The van der Waals surface area contributed by atoms with Gasteiger partial charge in [0, 0.05) is 23.6 Å². The predicted molar refractivity (Wildman–Crippen MR) is 86.8 cm³/mol. The highest BCUT2D eigenvalue weighted by atomic mass is 16.6. The molecule has 2 unspecified atom stereocenters. The first-order valence-electron chi connectivity index (χ1n) is 7.69. The molecule has 0 amide bonds. The van der Waals surface area contributed by atoms with Crippen molar-refractivity contribution in [3.63, 3.8) is 0 Å². The molecule has 0 spiro atoms. The van der Waals surface area contributed by atoms with E-state index in [0.717, 1.165) is 29.6 Å². The molecule has 22 heavy (non-hydrogen) atoms. The summed E-state index contributed by atoms with van der Waals surface area (Å²) < 4.78 is 0. The summed E-state index contributed by atoms with van der Waals surface area (Å²) in [7, 11) is 0. The van der Waals surface area contributed by atoms with Crippen molar-refractivity contribution < 1.29 is 4.92 Å². The number of hydrogen-bond acceptors (Lipinski definition) is 5. The van der Waals surface area contributed by atoms with Crippen LogP contribution in [-0.4, -0.2) is 22.5 Å². The minimum Gasteiger partial charge on any atom is -0.367 e. The molecule has 1 heterocycles. The zero-order valence-electron chi connectivity index (χ0n) is 12.4. The number of nitro benzene ring substituents is 1. The largest absolute Gasteiger partial charge is 0.367 e. The van der Waals surface area contributed by atoms with E-state index in [-0.39, 0.29) is 10.6 Å². The van der Waals surface area contributed by atoms with Gasteiger partial charge in [-0.3, -0.25) is 10.1 Å². The maximum absolute atomic E-state index is 10.8. The van der Waals surface area contributed by atoms with Crippen LogP contribution in [0, 0.1) is 16.0 Å². The Hall–Kier alpha value is -2.21. The average Bonchev–Trinajstić information content (AvgIpc) is 2.54. The molecule has 1 aromatic carbocycles. The number of anilines is 1. The van der Waals surface area contributed by atoms with Crippen molar-refractivity contribution in [3.8, 4) is 0 Å². The molecule has 0 aliphatic heterocycles. The fourth-order valence-electron chi connectivity index (χ4n) is 3.18. The minimum atomic E-state index is -0.389.